The lowest BCUT2D eigenvalue weighted by molar-refractivity contribution is -0.153. The molecule has 1 rings (SSSR count). The highest BCUT2D eigenvalue weighted by Gasteiger charge is 2.17. The van der Waals surface area contributed by atoms with Crippen molar-refractivity contribution in [3.63, 3.8) is 0 Å². The topological polar surface area (TPSA) is 84.5 Å². The monoisotopic (exact) mass is 306 g/mol. The van der Waals surface area contributed by atoms with Gasteiger partial charge in [0.05, 0.1) is 6.42 Å². The molecule has 22 heavy (non-hydrogen) atoms. The van der Waals surface area contributed by atoms with E-state index >= 15 is 0 Å². The molecule has 0 saturated heterocycles. The summed E-state index contributed by atoms with van der Waals surface area (Å²) in [5.41, 5.74) is 1.83. The van der Waals surface area contributed by atoms with Gasteiger partial charge in [0.15, 0.2) is 6.10 Å². The SMILES string of the molecule is CCc1ccc(NC(=O)[C@H](C)OC(=O)CCNC(C)=O)cc1. The molecule has 6 heteroatoms. The van der Waals surface area contributed by atoms with Crippen LogP contribution in [-0.4, -0.2) is 30.4 Å². The Morgan fingerprint density at radius 1 is 1.18 bits per heavy atom. The number of anilines is 1. The van der Waals surface area contributed by atoms with Gasteiger partial charge in [-0.05, 0) is 31.0 Å². The predicted molar refractivity (Wildman–Crippen MR) is 83.3 cm³/mol. The van der Waals surface area contributed by atoms with Crippen LogP contribution in [0.5, 0.6) is 0 Å². The molecule has 2 amide bonds. The standard InChI is InChI=1S/C16H22N2O4/c1-4-13-5-7-14(8-6-13)18-16(21)11(2)22-15(20)9-10-17-12(3)19/h5-8,11H,4,9-10H2,1-3H3,(H,17,19)(H,18,21)/t11-/m0/s1. The zero-order valence-electron chi connectivity index (χ0n) is 13.1. The van der Waals surface area contributed by atoms with Crippen molar-refractivity contribution in [1.29, 1.82) is 0 Å². The Hall–Kier alpha value is -2.37. The number of rotatable bonds is 7. The normalized spacial score (nSPS) is 11.4. The molecule has 1 aromatic rings. The fourth-order valence-corrected chi connectivity index (χ4v) is 1.72. The summed E-state index contributed by atoms with van der Waals surface area (Å²) in [5, 5.41) is 5.18. The van der Waals surface area contributed by atoms with Crippen LogP contribution in [0.4, 0.5) is 5.69 Å². The van der Waals surface area contributed by atoms with Gasteiger partial charge in [0.1, 0.15) is 0 Å². The van der Waals surface area contributed by atoms with Gasteiger partial charge in [-0.15, -0.1) is 0 Å². The molecule has 0 aliphatic rings. The van der Waals surface area contributed by atoms with E-state index in [9.17, 15) is 14.4 Å². The number of hydrogen-bond donors (Lipinski definition) is 2. The number of aryl methyl sites for hydroxylation is 1. The van der Waals surface area contributed by atoms with Gasteiger partial charge in [-0.25, -0.2) is 0 Å². The summed E-state index contributed by atoms with van der Waals surface area (Å²) in [6.07, 6.45) is 0.0644. The third kappa shape index (κ3) is 6.39. The van der Waals surface area contributed by atoms with Crippen LogP contribution in [0.1, 0.15) is 32.8 Å². The van der Waals surface area contributed by atoms with E-state index in [-0.39, 0.29) is 18.9 Å². The summed E-state index contributed by atoms with van der Waals surface area (Å²) in [7, 11) is 0. The first-order valence-electron chi connectivity index (χ1n) is 7.26. The number of ether oxygens (including phenoxy) is 1. The average molecular weight is 306 g/mol. The quantitative estimate of drug-likeness (QED) is 0.750. The van der Waals surface area contributed by atoms with E-state index in [2.05, 4.69) is 17.6 Å². The largest absolute Gasteiger partial charge is 0.452 e. The molecule has 0 aliphatic carbocycles. The van der Waals surface area contributed by atoms with Crippen molar-refractivity contribution in [2.75, 3.05) is 11.9 Å². The molecule has 1 aromatic carbocycles. The highest BCUT2D eigenvalue weighted by Crippen LogP contribution is 2.11. The second-order valence-electron chi connectivity index (χ2n) is 4.90. The lowest BCUT2D eigenvalue weighted by Crippen LogP contribution is -2.31. The Bertz CT molecular complexity index is 525. The van der Waals surface area contributed by atoms with Gasteiger partial charge in [0, 0.05) is 19.2 Å². The van der Waals surface area contributed by atoms with Crippen molar-refractivity contribution in [1.82, 2.24) is 5.32 Å². The molecule has 120 valence electrons. The lowest BCUT2D eigenvalue weighted by Gasteiger charge is -2.13. The third-order valence-corrected chi connectivity index (χ3v) is 3.01. The molecular formula is C16H22N2O4. The Labute approximate surface area is 130 Å². The minimum atomic E-state index is -0.893. The van der Waals surface area contributed by atoms with Crippen molar-refractivity contribution < 1.29 is 19.1 Å². The molecule has 0 unspecified atom stereocenters. The van der Waals surface area contributed by atoms with E-state index in [1.165, 1.54) is 19.4 Å². The Kier molecular flexibility index (Phi) is 7.08. The van der Waals surface area contributed by atoms with E-state index in [0.717, 1.165) is 6.42 Å². The number of carbonyl (C=O) groups excluding carboxylic acids is 3. The first-order chi connectivity index (χ1) is 10.4. The molecule has 0 heterocycles. The van der Waals surface area contributed by atoms with Crippen LogP contribution >= 0.6 is 0 Å². The molecule has 0 aliphatic heterocycles. The van der Waals surface area contributed by atoms with Gasteiger partial charge in [-0.1, -0.05) is 19.1 Å². The Balaban J connectivity index is 2.40. The van der Waals surface area contributed by atoms with Gasteiger partial charge < -0.3 is 15.4 Å². The van der Waals surface area contributed by atoms with Crippen LogP contribution in [-0.2, 0) is 25.5 Å². The first kappa shape index (κ1) is 17.7. The molecular weight excluding hydrogens is 284 g/mol. The van der Waals surface area contributed by atoms with Gasteiger partial charge in [-0.3, -0.25) is 14.4 Å². The van der Waals surface area contributed by atoms with Crippen LogP contribution in [0.15, 0.2) is 24.3 Å². The highest BCUT2D eigenvalue weighted by molar-refractivity contribution is 5.95. The van der Waals surface area contributed by atoms with Crippen molar-refractivity contribution in [2.24, 2.45) is 0 Å². The number of benzene rings is 1. The van der Waals surface area contributed by atoms with E-state index < -0.39 is 18.0 Å². The molecule has 2 N–H and O–H groups in total. The predicted octanol–water partition coefficient (Wildman–Crippen LogP) is 1.65. The molecule has 0 bridgehead atoms. The highest BCUT2D eigenvalue weighted by atomic mass is 16.5. The van der Waals surface area contributed by atoms with Crippen LogP contribution in [0.3, 0.4) is 0 Å². The second kappa shape index (κ2) is 8.81. The summed E-state index contributed by atoms with van der Waals surface area (Å²) in [6, 6.07) is 7.48. The number of carbonyl (C=O) groups is 3. The van der Waals surface area contributed by atoms with Crippen molar-refractivity contribution in [2.45, 2.75) is 39.7 Å². The Morgan fingerprint density at radius 3 is 2.36 bits per heavy atom. The van der Waals surface area contributed by atoms with E-state index in [4.69, 9.17) is 4.74 Å². The van der Waals surface area contributed by atoms with Gasteiger partial charge in [-0.2, -0.15) is 0 Å². The van der Waals surface area contributed by atoms with Crippen LogP contribution in [0.2, 0.25) is 0 Å². The van der Waals surface area contributed by atoms with Crippen molar-refractivity contribution in [3.05, 3.63) is 29.8 Å². The number of hydrogen-bond acceptors (Lipinski definition) is 4. The van der Waals surface area contributed by atoms with E-state index in [0.29, 0.717) is 5.69 Å². The smallest absolute Gasteiger partial charge is 0.308 e. The summed E-state index contributed by atoms with van der Waals surface area (Å²) in [6.45, 7) is 5.12. The molecule has 0 radical (unpaired) electrons. The van der Waals surface area contributed by atoms with E-state index in [1.54, 1.807) is 0 Å². The van der Waals surface area contributed by atoms with Crippen LogP contribution in [0.25, 0.3) is 0 Å². The molecule has 1 atom stereocenters. The van der Waals surface area contributed by atoms with Gasteiger partial charge in [0.2, 0.25) is 5.91 Å². The maximum atomic E-state index is 11.9. The zero-order valence-corrected chi connectivity index (χ0v) is 13.1. The fraction of sp³-hybridized carbons (Fsp3) is 0.438. The first-order valence-corrected chi connectivity index (χ1v) is 7.26. The average Bonchev–Trinajstić information content (AvgIpc) is 2.47. The maximum absolute atomic E-state index is 11.9. The third-order valence-electron chi connectivity index (χ3n) is 3.01. The van der Waals surface area contributed by atoms with E-state index in [1.807, 2.05) is 24.3 Å². The van der Waals surface area contributed by atoms with Gasteiger partial charge in [0.25, 0.3) is 5.91 Å². The van der Waals surface area contributed by atoms with Crippen LogP contribution < -0.4 is 10.6 Å². The summed E-state index contributed by atoms with van der Waals surface area (Å²) < 4.78 is 5.01. The molecule has 0 spiro atoms. The number of esters is 1. The minimum absolute atomic E-state index is 0.0302. The van der Waals surface area contributed by atoms with Crippen molar-refractivity contribution >= 4 is 23.5 Å². The summed E-state index contributed by atoms with van der Waals surface area (Å²) in [4.78, 5) is 34.1. The molecule has 6 nitrogen and oxygen atoms in total. The molecule has 0 saturated carbocycles. The lowest BCUT2D eigenvalue weighted by atomic mass is 10.1. The maximum Gasteiger partial charge on any atom is 0.308 e. The number of amides is 2. The zero-order chi connectivity index (χ0) is 16.5. The minimum Gasteiger partial charge on any atom is -0.452 e. The fourth-order valence-electron chi connectivity index (χ4n) is 1.72. The van der Waals surface area contributed by atoms with Crippen LogP contribution in [0, 0.1) is 0 Å². The molecule has 0 aromatic heterocycles. The Morgan fingerprint density at radius 2 is 1.82 bits per heavy atom. The molecule has 0 fully saturated rings. The van der Waals surface area contributed by atoms with Gasteiger partial charge >= 0.3 is 5.97 Å². The van der Waals surface area contributed by atoms with Crippen molar-refractivity contribution in [3.8, 4) is 0 Å². The second-order valence-corrected chi connectivity index (χ2v) is 4.90. The summed E-state index contributed by atoms with van der Waals surface area (Å²) in [5.74, 6) is -1.14. The number of nitrogens with one attached hydrogen (secondary N) is 2. The summed E-state index contributed by atoms with van der Waals surface area (Å²) >= 11 is 0.